The Morgan fingerprint density at radius 2 is 2.04 bits per heavy atom. The summed E-state index contributed by atoms with van der Waals surface area (Å²) in [5.41, 5.74) is 0.385. The van der Waals surface area contributed by atoms with E-state index in [1.807, 2.05) is 0 Å². The van der Waals surface area contributed by atoms with Crippen LogP contribution in [-0.4, -0.2) is 64.9 Å². The number of alkyl halides is 3. The van der Waals surface area contributed by atoms with Gasteiger partial charge in [0.15, 0.2) is 0 Å². The van der Waals surface area contributed by atoms with Gasteiger partial charge < -0.3 is 14.6 Å². The fourth-order valence-electron chi connectivity index (χ4n) is 4.09. The van der Waals surface area contributed by atoms with Crippen molar-refractivity contribution in [2.24, 2.45) is 0 Å². The number of carbonyl (C=O) groups is 1. The molecule has 0 saturated carbocycles. The predicted molar refractivity (Wildman–Crippen MR) is 92.4 cm³/mol. The number of morpholine rings is 1. The summed E-state index contributed by atoms with van der Waals surface area (Å²) in [5.74, 6) is -0.359. The molecule has 0 unspecified atom stereocenters. The highest BCUT2D eigenvalue weighted by Gasteiger charge is 2.37. The van der Waals surface area contributed by atoms with E-state index in [4.69, 9.17) is 4.74 Å². The van der Waals surface area contributed by atoms with Crippen LogP contribution in [0.15, 0.2) is 24.5 Å². The van der Waals surface area contributed by atoms with Gasteiger partial charge in [0.25, 0.3) is 5.91 Å². The van der Waals surface area contributed by atoms with Crippen molar-refractivity contribution in [2.75, 3.05) is 20.3 Å². The number of ether oxygens (including phenoxy) is 1. The molecule has 0 aromatic carbocycles. The molecule has 9 heteroatoms. The predicted octanol–water partition coefficient (Wildman–Crippen LogP) is 2.19. The summed E-state index contributed by atoms with van der Waals surface area (Å²) in [6.45, 7) is 0.0892. The van der Waals surface area contributed by atoms with Crippen molar-refractivity contribution in [3.63, 3.8) is 0 Å². The highest BCUT2D eigenvalue weighted by molar-refractivity contribution is 6.06. The average molecular weight is 382 g/mol. The first-order valence-corrected chi connectivity index (χ1v) is 8.93. The van der Waals surface area contributed by atoms with Crippen molar-refractivity contribution in [1.82, 2.24) is 19.8 Å². The quantitative estimate of drug-likeness (QED) is 0.884. The number of halogens is 3. The van der Waals surface area contributed by atoms with Crippen LogP contribution in [0.3, 0.4) is 0 Å². The molecule has 4 heterocycles. The summed E-state index contributed by atoms with van der Waals surface area (Å²) < 4.78 is 45.1. The van der Waals surface area contributed by atoms with Crippen molar-refractivity contribution in [3.8, 4) is 0 Å². The molecule has 2 aromatic heterocycles. The zero-order valence-electron chi connectivity index (χ0n) is 14.9. The number of piperidine rings is 1. The summed E-state index contributed by atoms with van der Waals surface area (Å²) in [5, 5.41) is 3.44. The fourth-order valence-corrected chi connectivity index (χ4v) is 4.09. The number of nitrogens with zero attached hydrogens (tertiary/aromatic N) is 3. The molecule has 4 rings (SSSR count). The topological polar surface area (TPSA) is 59.4 Å². The van der Waals surface area contributed by atoms with E-state index in [0.29, 0.717) is 18.6 Å². The van der Waals surface area contributed by atoms with Gasteiger partial charge >= 0.3 is 6.18 Å². The molecule has 2 aliphatic rings. The van der Waals surface area contributed by atoms with E-state index in [-0.39, 0.29) is 35.2 Å². The minimum atomic E-state index is -4.39. The molecule has 0 spiro atoms. The van der Waals surface area contributed by atoms with Crippen molar-refractivity contribution < 1.29 is 22.7 Å². The van der Waals surface area contributed by atoms with E-state index in [1.54, 1.807) is 12.1 Å². The number of aromatic nitrogens is 2. The molecule has 2 bridgehead atoms. The Balaban J connectivity index is 1.56. The molecule has 6 nitrogen and oxygen atoms in total. The zero-order chi connectivity index (χ0) is 19.2. The van der Waals surface area contributed by atoms with Crippen LogP contribution in [0.5, 0.6) is 0 Å². The number of fused-ring (bicyclic) bond motifs is 3. The number of likely N-dealkylation sites (N-methyl/N-ethyl adjacent to an activating group) is 1. The highest BCUT2D eigenvalue weighted by Crippen LogP contribution is 2.28. The van der Waals surface area contributed by atoms with Crippen molar-refractivity contribution in [2.45, 2.75) is 43.7 Å². The van der Waals surface area contributed by atoms with E-state index in [9.17, 15) is 18.0 Å². The normalized spacial score (nSPS) is 26.3. The second-order valence-corrected chi connectivity index (χ2v) is 7.31. The lowest BCUT2D eigenvalue weighted by Crippen LogP contribution is -2.59. The van der Waals surface area contributed by atoms with Crippen molar-refractivity contribution in [3.05, 3.63) is 30.1 Å². The monoisotopic (exact) mass is 382 g/mol. The Morgan fingerprint density at radius 3 is 2.70 bits per heavy atom. The number of carbonyl (C=O) groups excluding carboxylic acids is 1. The minimum Gasteiger partial charge on any atom is -0.378 e. The Bertz CT molecular complexity index is 837. The summed E-state index contributed by atoms with van der Waals surface area (Å²) in [6, 6.07) is 3.72. The lowest BCUT2D eigenvalue weighted by molar-refractivity contribution is -0.139. The van der Waals surface area contributed by atoms with E-state index in [1.165, 1.54) is 12.4 Å². The van der Waals surface area contributed by atoms with Crippen molar-refractivity contribution in [1.29, 1.82) is 0 Å². The third-order valence-corrected chi connectivity index (χ3v) is 5.45. The maximum Gasteiger partial charge on any atom is 0.406 e. The smallest absolute Gasteiger partial charge is 0.378 e. The van der Waals surface area contributed by atoms with Crippen LogP contribution in [0.1, 0.15) is 23.2 Å². The molecule has 27 heavy (non-hydrogen) atoms. The summed E-state index contributed by atoms with van der Waals surface area (Å²) in [4.78, 5) is 19.1. The van der Waals surface area contributed by atoms with Gasteiger partial charge in [-0.15, -0.1) is 0 Å². The molecular weight excluding hydrogens is 361 g/mol. The number of rotatable bonds is 3. The zero-order valence-corrected chi connectivity index (χ0v) is 14.9. The Morgan fingerprint density at radius 1 is 1.33 bits per heavy atom. The molecule has 2 aromatic rings. The summed E-state index contributed by atoms with van der Waals surface area (Å²) in [6.07, 6.45) is -0.187. The van der Waals surface area contributed by atoms with E-state index < -0.39 is 12.7 Å². The first kappa shape index (κ1) is 18.2. The third kappa shape index (κ3) is 3.66. The van der Waals surface area contributed by atoms with Gasteiger partial charge in [0.05, 0.1) is 18.8 Å². The van der Waals surface area contributed by atoms with Crippen LogP contribution in [0, 0.1) is 0 Å². The van der Waals surface area contributed by atoms with E-state index in [2.05, 4.69) is 22.2 Å². The third-order valence-electron chi connectivity index (χ3n) is 5.45. The molecular formula is C18H21F3N4O2. The summed E-state index contributed by atoms with van der Waals surface area (Å²) >= 11 is 0. The van der Waals surface area contributed by atoms with Gasteiger partial charge in [-0.05, 0) is 32.0 Å². The van der Waals surface area contributed by atoms with Crippen LogP contribution in [-0.2, 0) is 11.3 Å². The van der Waals surface area contributed by atoms with Gasteiger partial charge in [0.1, 0.15) is 12.2 Å². The maximum absolute atomic E-state index is 12.9. The number of nitrogens with one attached hydrogen (secondary N) is 1. The molecule has 1 N–H and O–H groups in total. The van der Waals surface area contributed by atoms with Crippen LogP contribution < -0.4 is 5.32 Å². The van der Waals surface area contributed by atoms with Crippen LogP contribution in [0.2, 0.25) is 0 Å². The van der Waals surface area contributed by atoms with Crippen LogP contribution in [0.25, 0.3) is 11.0 Å². The number of amides is 1. The second-order valence-electron chi connectivity index (χ2n) is 7.31. The van der Waals surface area contributed by atoms with E-state index >= 15 is 0 Å². The molecule has 0 aliphatic carbocycles. The maximum atomic E-state index is 12.9. The second kappa shape index (κ2) is 6.79. The van der Waals surface area contributed by atoms with Crippen LogP contribution >= 0.6 is 0 Å². The van der Waals surface area contributed by atoms with Gasteiger partial charge in [-0.3, -0.25) is 9.69 Å². The largest absolute Gasteiger partial charge is 0.406 e. The Kier molecular flexibility index (Phi) is 4.59. The van der Waals surface area contributed by atoms with Gasteiger partial charge in [0.2, 0.25) is 0 Å². The first-order chi connectivity index (χ1) is 12.8. The molecule has 0 radical (unpaired) electrons. The number of hydrogen-bond acceptors (Lipinski definition) is 4. The van der Waals surface area contributed by atoms with Gasteiger partial charge in [-0.25, -0.2) is 4.98 Å². The molecule has 1 amide bonds. The summed E-state index contributed by atoms with van der Waals surface area (Å²) in [7, 11) is 2.06. The highest BCUT2D eigenvalue weighted by atomic mass is 19.4. The minimum absolute atomic E-state index is 0.0229. The number of pyridine rings is 1. The van der Waals surface area contributed by atoms with Gasteiger partial charge in [0, 0.05) is 35.9 Å². The molecule has 3 atom stereocenters. The fraction of sp³-hybridized carbons (Fsp3) is 0.556. The first-order valence-electron chi connectivity index (χ1n) is 8.93. The standard InChI is InChI=1S/C18H21F3N4O2/c1-24-12-5-11(6-13(24)9-27-8-12)23-17(26)15-7-25(10-18(19,20)21)16-14(15)3-2-4-22-16/h2-4,7,11-13H,5-6,8-10H2,1H3,(H,23,26)/t11-,12-,13+. The molecule has 2 aliphatic heterocycles. The van der Waals surface area contributed by atoms with Gasteiger partial charge in [-0.2, -0.15) is 13.2 Å². The molecule has 2 fully saturated rings. The van der Waals surface area contributed by atoms with Gasteiger partial charge in [-0.1, -0.05) is 0 Å². The average Bonchev–Trinajstić information content (AvgIpc) is 2.93. The Labute approximate surface area is 154 Å². The number of hydrogen-bond donors (Lipinski definition) is 1. The van der Waals surface area contributed by atoms with Crippen molar-refractivity contribution >= 4 is 16.9 Å². The lowest BCUT2D eigenvalue weighted by Gasteiger charge is -2.46. The molecule has 2 saturated heterocycles. The SMILES string of the molecule is CN1[C@@H]2COC[C@H]1C[C@@H](NC(=O)c1cn(CC(F)(F)F)c3ncccc13)C2. The van der Waals surface area contributed by atoms with Crippen LogP contribution in [0.4, 0.5) is 13.2 Å². The molecule has 146 valence electrons. The Hall–Kier alpha value is -2.13. The van der Waals surface area contributed by atoms with E-state index in [0.717, 1.165) is 17.4 Å². The lowest BCUT2D eigenvalue weighted by atomic mass is 9.90.